The summed E-state index contributed by atoms with van der Waals surface area (Å²) in [6.45, 7) is 1.61. The Kier molecular flexibility index (Phi) is 8.72. The number of halogens is 4. The highest BCUT2D eigenvalue weighted by Gasteiger charge is 2.45. The molecule has 0 N–H and O–H groups in total. The maximum absolute atomic E-state index is 14.7. The molecule has 0 spiro atoms. The summed E-state index contributed by atoms with van der Waals surface area (Å²) < 4.78 is 62.3. The minimum Gasteiger partial charge on any atom is -0.378 e. The van der Waals surface area contributed by atoms with Crippen molar-refractivity contribution in [3.8, 4) is 0 Å². The zero-order valence-electron chi connectivity index (χ0n) is 20.8. The molecule has 192 valence electrons. The number of hydrogen-bond donors (Lipinski definition) is 0. The van der Waals surface area contributed by atoms with Crippen LogP contribution in [0.15, 0.2) is 0 Å². The molecule has 0 aromatic carbocycles. The van der Waals surface area contributed by atoms with Gasteiger partial charge in [-0.05, 0) is 125 Å². The summed E-state index contributed by atoms with van der Waals surface area (Å²) in [4.78, 5) is 0. The van der Waals surface area contributed by atoms with Gasteiger partial charge in [0.15, 0.2) is 6.17 Å². The quantitative estimate of drug-likeness (QED) is 0.350. The number of alkyl halides is 4. The molecule has 4 fully saturated rings. The predicted molar refractivity (Wildman–Crippen MR) is 125 cm³/mol. The van der Waals surface area contributed by atoms with Crippen LogP contribution in [0.5, 0.6) is 0 Å². The van der Waals surface area contributed by atoms with Crippen molar-refractivity contribution in [3.63, 3.8) is 0 Å². The minimum atomic E-state index is -2.47. The number of hydrogen-bond acceptors (Lipinski definition) is 1. The van der Waals surface area contributed by atoms with Gasteiger partial charge in [0.25, 0.3) is 5.92 Å². The Bertz CT molecular complexity index is 589. The highest BCUT2D eigenvalue weighted by Crippen LogP contribution is 2.49. The van der Waals surface area contributed by atoms with Crippen LogP contribution < -0.4 is 0 Å². The molecular formula is C28H46F4O. The van der Waals surface area contributed by atoms with E-state index in [4.69, 9.17) is 4.74 Å². The molecule has 4 saturated carbocycles. The van der Waals surface area contributed by atoms with E-state index >= 15 is 0 Å². The molecule has 0 aliphatic heterocycles. The molecule has 4 unspecified atom stereocenters. The van der Waals surface area contributed by atoms with Crippen molar-refractivity contribution in [2.45, 2.75) is 128 Å². The molecule has 0 bridgehead atoms. The van der Waals surface area contributed by atoms with Crippen molar-refractivity contribution in [3.05, 3.63) is 0 Å². The van der Waals surface area contributed by atoms with Crippen LogP contribution in [0.4, 0.5) is 17.6 Å². The van der Waals surface area contributed by atoms with Crippen LogP contribution in [0.3, 0.4) is 0 Å². The van der Waals surface area contributed by atoms with E-state index < -0.39 is 30.3 Å². The van der Waals surface area contributed by atoms with Gasteiger partial charge in [0.05, 0.1) is 6.10 Å². The van der Waals surface area contributed by atoms with E-state index in [1.165, 1.54) is 45.6 Å². The Hall–Kier alpha value is -0.320. The van der Waals surface area contributed by atoms with Gasteiger partial charge in [-0.15, -0.1) is 0 Å². The van der Waals surface area contributed by atoms with Crippen molar-refractivity contribution in [2.24, 2.45) is 41.4 Å². The number of rotatable bonds is 6. The monoisotopic (exact) mass is 474 g/mol. The third-order valence-electron chi connectivity index (χ3n) is 10.6. The third kappa shape index (κ3) is 5.75. The lowest BCUT2D eigenvalue weighted by atomic mass is 9.63. The normalized spacial score (nSPS) is 45.6. The van der Waals surface area contributed by atoms with E-state index in [1.54, 1.807) is 6.92 Å². The fourth-order valence-electron chi connectivity index (χ4n) is 8.29. The predicted octanol–water partition coefficient (Wildman–Crippen LogP) is 8.55. The van der Waals surface area contributed by atoms with Gasteiger partial charge in [0.2, 0.25) is 0 Å². The SMILES string of the molecule is CCC(F)(F)C1CCC(C2CCC(C3CCC(C4CCC(OC)C(F)C4F)CC3)CC2)CC1. The molecule has 1 nitrogen and oxygen atoms in total. The van der Waals surface area contributed by atoms with E-state index in [9.17, 15) is 17.6 Å². The van der Waals surface area contributed by atoms with Gasteiger partial charge >= 0.3 is 0 Å². The summed E-state index contributed by atoms with van der Waals surface area (Å²) in [7, 11) is 1.49. The van der Waals surface area contributed by atoms with Crippen molar-refractivity contribution in [1.82, 2.24) is 0 Å². The van der Waals surface area contributed by atoms with Crippen molar-refractivity contribution >= 4 is 0 Å². The lowest BCUT2D eigenvalue weighted by Gasteiger charge is -2.44. The molecule has 0 amide bonds. The fraction of sp³-hybridized carbons (Fsp3) is 1.00. The van der Waals surface area contributed by atoms with Crippen LogP contribution in [0.1, 0.15) is 103 Å². The van der Waals surface area contributed by atoms with Gasteiger partial charge in [-0.3, -0.25) is 0 Å². The first-order valence-corrected chi connectivity index (χ1v) is 14.0. The molecule has 4 atom stereocenters. The third-order valence-corrected chi connectivity index (χ3v) is 10.6. The largest absolute Gasteiger partial charge is 0.378 e. The van der Waals surface area contributed by atoms with Gasteiger partial charge in [-0.25, -0.2) is 17.6 Å². The molecule has 4 rings (SSSR count). The molecule has 4 aliphatic rings. The summed E-state index contributed by atoms with van der Waals surface area (Å²) in [6.07, 6.45) is 10.9. The van der Waals surface area contributed by atoms with Crippen molar-refractivity contribution in [1.29, 1.82) is 0 Å². The van der Waals surface area contributed by atoms with E-state index in [0.717, 1.165) is 49.9 Å². The minimum absolute atomic E-state index is 0.0234. The lowest BCUT2D eigenvalue weighted by molar-refractivity contribution is -0.0813. The molecule has 4 aliphatic carbocycles. The number of methoxy groups -OCH3 is 1. The molecular weight excluding hydrogens is 428 g/mol. The summed E-state index contributed by atoms with van der Waals surface area (Å²) in [5.74, 6) is 0.252. The summed E-state index contributed by atoms with van der Waals surface area (Å²) >= 11 is 0. The second kappa shape index (κ2) is 11.2. The topological polar surface area (TPSA) is 9.23 Å². The van der Waals surface area contributed by atoms with E-state index in [-0.39, 0.29) is 12.3 Å². The Morgan fingerprint density at radius 3 is 1.45 bits per heavy atom. The van der Waals surface area contributed by atoms with Gasteiger partial charge in [-0.1, -0.05) is 6.92 Å². The first-order valence-electron chi connectivity index (χ1n) is 14.0. The van der Waals surface area contributed by atoms with Gasteiger partial charge < -0.3 is 4.74 Å². The Labute approximate surface area is 198 Å². The van der Waals surface area contributed by atoms with Crippen LogP contribution in [0.2, 0.25) is 0 Å². The summed E-state index contributed by atoms with van der Waals surface area (Å²) in [5, 5.41) is 0. The molecule has 0 saturated heterocycles. The molecule has 0 heterocycles. The Morgan fingerprint density at radius 2 is 1.03 bits per heavy atom. The van der Waals surface area contributed by atoms with Gasteiger partial charge in [0, 0.05) is 19.4 Å². The summed E-state index contributed by atoms with van der Waals surface area (Å²) in [6, 6.07) is 0. The van der Waals surface area contributed by atoms with Crippen LogP contribution in [0, 0.1) is 41.4 Å². The second-order valence-corrected chi connectivity index (χ2v) is 12.0. The first-order chi connectivity index (χ1) is 15.8. The van der Waals surface area contributed by atoms with Crippen LogP contribution in [-0.2, 0) is 4.74 Å². The Balaban J connectivity index is 1.18. The number of ether oxygens (including phenoxy) is 1. The summed E-state index contributed by atoms with van der Waals surface area (Å²) in [5.41, 5.74) is 0. The van der Waals surface area contributed by atoms with E-state index in [2.05, 4.69) is 0 Å². The van der Waals surface area contributed by atoms with Crippen molar-refractivity contribution < 1.29 is 22.3 Å². The zero-order chi connectivity index (χ0) is 23.6. The Morgan fingerprint density at radius 1 is 0.606 bits per heavy atom. The average Bonchev–Trinajstić information content (AvgIpc) is 2.86. The first kappa shape index (κ1) is 25.8. The van der Waals surface area contributed by atoms with Gasteiger partial charge in [0.1, 0.15) is 6.17 Å². The van der Waals surface area contributed by atoms with E-state index in [1.807, 2.05) is 0 Å². The van der Waals surface area contributed by atoms with Crippen molar-refractivity contribution in [2.75, 3.05) is 7.11 Å². The molecule has 33 heavy (non-hydrogen) atoms. The van der Waals surface area contributed by atoms with Crippen LogP contribution in [0.25, 0.3) is 0 Å². The maximum Gasteiger partial charge on any atom is 0.250 e. The molecule has 5 heteroatoms. The maximum atomic E-state index is 14.7. The van der Waals surface area contributed by atoms with Crippen LogP contribution >= 0.6 is 0 Å². The fourth-order valence-corrected chi connectivity index (χ4v) is 8.29. The highest BCUT2D eigenvalue weighted by atomic mass is 19.3. The van der Waals surface area contributed by atoms with E-state index in [0.29, 0.717) is 31.1 Å². The molecule has 0 aromatic heterocycles. The smallest absolute Gasteiger partial charge is 0.250 e. The zero-order valence-corrected chi connectivity index (χ0v) is 20.8. The molecule has 0 aromatic rings. The molecule has 0 radical (unpaired) electrons. The second-order valence-electron chi connectivity index (χ2n) is 12.0. The lowest BCUT2D eigenvalue weighted by Crippen LogP contribution is -2.45. The average molecular weight is 475 g/mol. The van der Waals surface area contributed by atoms with Gasteiger partial charge in [-0.2, -0.15) is 0 Å². The standard InChI is InChI=1S/C28H46F4O/c1-3-28(31,32)23-14-12-21(13-15-23)19-6-4-18(5-7-19)20-8-10-22(11-9-20)24-16-17-25(33-2)27(30)26(24)29/h18-27H,3-17H2,1-2H3. The van der Waals surface area contributed by atoms with Crippen LogP contribution in [-0.4, -0.2) is 31.5 Å². The highest BCUT2D eigenvalue weighted by molar-refractivity contribution is 4.94.